The van der Waals surface area contributed by atoms with Gasteiger partial charge >= 0.3 is 17.9 Å². The molecule has 0 saturated carbocycles. The van der Waals surface area contributed by atoms with E-state index in [1.807, 2.05) is 19.1 Å². The van der Waals surface area contributed by atoms with Crippen molar-refractivity contribution in [2.24, 2.45) is 15.6 Å². The van der Waals surface area contributed by atoms with Gasteiger partial charge in [-0.1, -0.05) is 46.2 Å². The van der Waals surface area contributed by atoms with Crippen LogP contribution in [0.5, 0.6) is 17.2 Å². The van der Waals surface area contributed by atoms with E-state index in [1.54, 1.807) is 42.5 Å². The molecule has 0 heterocycles. The van der Waals surface area contributed by atoms with Gasteiger partial charge < -0.3 is 28.4 Å². The predicted molar refractivity (Wildman–Crippen MR) is 205 cm³/mol. The van der Waals surface area contributed by atoms with Gasteiger partial charge in [0.2, 0.25) is 0 Å². The van der Waals surface area contributed by atoms with Crippen LogP contribution < -0.4 is 14.2 Å². The van der Waals surface area contributed by atoms with E-state index in [4.69, 9.17) is 28.4 Å². The van der Waals surface area contributed by atoms with Crippen LogP contribution >= 0.6 is 0 Å². The molecular formula is C43H50N2O9. The van der Waals surface area contributed by atoms with Crippen LogP contribution in [0.3, 0.4) is 0 Å². The largest absolute Gasteiger partial charge is 0.491 e. The van der Waals surface area contributed by atoms with E-state index in [1.165, 1.54) is 29.8 Å². The summed E-state index contributed by atoms with van der Waals surface area (Å²) in [5.41, 5.74) is 4.13. The number of aryl methyl sites for hydroxylation is 2. The van der Waals surface area contributed by atoms with Gasteiger partial charge in [-0.25, -0.2) is 9.59 Å². The van der Waals surface area contributed by atoms with E-state index in [2.05, 4.69) is 50.1 Å². The second-order valence-corrected chi connectivity index (χ2v) is 13.7. The minimum Gasteiger partial charge on any atom is -0.491 e. The fraction of sp³-hybridized carbons (Fsp3) is 0.372. The average Bonchev–Trinajstić information content (AvgIpc) is 3.15. The summed E-state index contributed by atoms with van der Waals surface area (Å²) in [6.07, 6.45) is 3.30. The van der Waals surface area contributed by atoms with Gasteiger partial charge in [0.05, 0.1) is 48.9 Å². The summed E-state index contributed by atoms with van der Waals surface area (Å²) in [6, 6.07) is 25.9. The molecule has 11 heteroatoms. The number of carbonyl (C=O) groups is 3. The highest BCUT2D eigenvalue weighted by Crippen LogP contribution is 2.27. The standard InChI is InChI=1S/C43H50N2O9/c1-6-7-32-8-14-35(15-9-32)44-45-36-16-21-39(31(2)30-36)54-42(48)34-12-19-38(20-13-34)53-41(47)33-10-17-37(18-11-33)51-28-26-49-24-25-50-27-29-52-40(46)22-23-43(3,4)5/h8-21,30H,6-7,22-29H2,1-5H3. The lowest BCUT2D eigenvalue weighted by Crippen LogP contribution is -2.15. The molecule has 4 aromatic rings. The van der Waals surface area contributed by atoms with Gasteiger partial charge in [0.1, 0.15) is 30.5 Å². The van der Waals surface area contributed by atoms with Gasteiger partial charge in [-0.2, -0.15) is 10.2 Å². The van der Waals surface area contributed by atoms with Crippen LogP contribution in [0.1, 0.15) is 78.8 Å². The third-order valence-corrected chi connectivity index (χ3v) is 7.95. The number of rotatable bonds is 20. The van der Waals surface area contributed by atoms with Crippen LogP contribution in [0.2, 0.25) is 0 Å². The van der Waals surface area contributed by atoms with Crippen molar-refractivity contribution in [3.63, 3.8) is 0 Å². The molecule has 0 bridgehead atoms. The molecule has 0 aliphatic carbocycles. The lowest BCUT2D eigenvalue weighted by molar-refractivity contribution is -0.146. The van der Waals surface area contributed by atoms with Crippen molar-refractivity contribution in [1.29, 1.82) is 0 Å². The molecule has 0 atom stereocenters. The molecule has 0 N–H and O–H groups in total. The molecule has 0 aliphatic heterocycles. The summed E-state index contributed by atoms with van der Waals surface area (Å²) < 4.78 is 32.9. The molecule has 54 heavy (non-hydrogen) atoms. The molecule has 0 aliphatic rings. The first-order valence-electron chi connectivity index (χ1n) is 18.2. The van der Waals surface area contributed by atoms with E-state index >= 15 is 0 Å². The van der Waals surface area contributed by atoms with Crippen molar-refractivity contribution in [3.05, 3.63) is 113 Å². The summed E-state index contributed by atoms with van der Waals surface area (Å²) >= 11 is 0. The van der Waals surface area contributed by atoms with Crippen molar-refractivity contribution in [1.82, 2.24) is 0 Å². The number of carbonyl (C=O) groups excluding carboxylic acids is 3. The zero-order valence-electron chi connectivity index (χ0n) is 31.8. The molecule has 0 spiro atoms. The molecule has 0 fully saturated rings. The Kier molecular flexibility index (Phi) is 16.4. The van der Waals surface area contributed by atoms with Crippen LogP contribution in [-0.4, -0.2) is 57.5 Å². The Balaban J connectivity index is 1.12. The fourth-order valence-corrected chi connectivity index (χ4v) is 4.92. The van der Waals surface area contributed by atoms with Crippen LogP contribution in [0, 0.1) is 12.3 Å². The van der Waals surface area contributed by atoms with Crippen LogP contribution in [0.4, 0.5) is 11.4 Å². The zero-order valence-corrected chi connectivity index (χ0v) is 31.8. The van der Waals surface area contributed by atoms with Gasteiger partial charge in [0.25, 0.3) is 0 Å². The van der Waals surface area contributed by atoms with Gasteiger partial charge in [0.15, 0.2) is 0 Å². The Hall–Kier alpha value is -5.39. The average molecular weight is 739 g/mol. The van der Waals surface area contributed by atoms with Crippen LogP contribution in [0.25, 0.3) is 0 Å². The van der Waals surface area contributed by atoms with E-state index in [9.17, 15) is 14.4 Å². The second-order valence-electron chi connectivity index (χ2n) is 13.7. The molecule has 4 aromatic carbocycles. The number of ether oxygens (including phenoxy) is 6. The molecule has 0 aromatic heterocycles. The summed E-state index contributed by atoms with van der Waals surface area (Å²) in [7, 11) is 0. The summed E-state index contributed by atoms with van der Waals surface area (Å²) in [5.74, 6) is -0.0550. The smallest absolute Gasteiger partial charge is 0.343 e. The van der Waals surface area contributed by atoms with Gasteiger partial charge in [-0.05, 0) is 115 Å². The first kappa shape index (κ1) is 41.4. The molecular weight excluding hydrogens is 688 g/mol. The van der Waals surface area contributed by atoms with Crippen molar-refractivity contribution in [2.45, 2.75) is 60.3 Å². The number of benzene rings is 4. The first-order chi connectivity index (χ1) is 26.0. The number of hydrogen-bond donors (Lipinski definition) is 0. The van der Waals surface area contributed by atoms with E-state index < -0.39 is 11.9 Å². The fourth-order valence-electron chi connectivity index (χ4n) is 4.92. The zero-order chi connectivity index (χ0) is 38.8. The maximum atomic E-state index is 12.8. The van der Waals surface area contributed by atoms with Crippen LogP contribution in [-0.2, 0) is 25.4 Å². The normalized spacial score (nSPS) is 11.4. The quantitative estimate of drug-likeness (QED) is 0.0376. The number of hydrogen-bond acceptors (Lipinski definition) is 11. The Bertz CT molecular complexity index is 1810. The van der Waals surface area contributed by atoms with Crippen LogP contribution in [0.15, 0.2) is 101 Å². The summed E-state index contributed by atoms with van der Waals surface area (Å²) in [6.45, 7) is 12.2. The van der Waals surface area contributed by atoms with Gasteiger partial charge in [-0.15, -0.1) is 0 Å². The van der Waals surface area contributed by atoms with E-state index in [0.29, 0.717) is 67.8 Å². The number of nitrogens with zero attached hydrogens (tertiary/aromatic N) is 2. The molecule has 0 unspecified atom stereocenters. The highest BCUT2D eigenvalue weighted by molar-refractivity contribution is 5.93. The Labute approximate surface area is 317 Å². The lowest BCUT2D eigenvalue weighted by atomic mass is 9.91. The Morgan fingerprint density at radius 3 is 1.80 bits per heavy atom. The highest BCUT2D eigenvalue weighted by Gasteiger charge is 2.15. The molecule has 0 saturated heterocycles. The van der Waals surface area contributed by atoms with Gasteiger partial charge in [-0.3, -0.25) is 4.79 Å². The Morgan fingerprint density at radius 1 is 0.630 bits per heavy atom. The maximum absolute atomic E-state index is 12.8. The Morgan fingerprint density at radius 2 is 1.19 bits per heavy atom. The van der Waals surface area contributed by atoms with Crippen molar-refractivity contribution >= 4 is 29.3 Å². The van der Waals surface area contributed by atoms with E-state index in [0.717, 1.165) is 30.5 Å². The second kappa shape index (κ2) is 21.3. The molecule has 0 radical (unpaired) electrons. The molecule has 286 valence electrons. The predicted octanol–water partition coefficient (Wildman–Crippen LogP) is 9.58. The van der Waals surface area contributed by atoms with Crippen molar-refractivity contribution in [3.8, 4) is 17.2 Å². The summed E-state index contributed by atoms with van der Waals surface area (Å²) in [5, 5.41) is 8.62. The monoisotopic (exact) mass is 738 g/mol. The maximum Gasteiger partial charge on any atom is 0.343 e. The van der Waals surface area contributed by atoms with Gasteiger partial charge in [0, 0.05) is 6.42 Å². The summed E-state index contributed by atoms with van der Waals surface area (Å²) in [4.78, 5) is 37.3. The molecule has 4 rings (SSSR count). The number of esters is 3. The first-order valence-corrected chi connectivity index (χ1v) is 18.2. The highest BCUT2D eigenvalue weighted by atomic mass is 16.6. The van der Waals surface area contributed by atoms with Crippen molar-refractivity contribution in [2.75, 3.05) is 39.6 Å². The minimum atomic E-state index is -0.554. The topological polar surface area (TPSA) is 131 Å². The third kappa shape index (κ3) is 14.9. The third-order valence-electron chi connectivity index (χ3n) is 7.95. The SMILES string of the molecule is CCCc1ccc(N=Nc2ccc(OC(=O)c3ccc(OC(=O)c4ccc(OCCOCCOCCOC(=O)CCC(C)(C)C)cc4)cc3)c(C)c2)cc1. The molecule has 11 nitrogen and oxygen atoms in total. The number of azo groups is 1. The molecule has 0 amide bonds. The van der Waals surface area contributed by atoms with E-state index in [-0.39, 0.29) is 23.7 Å². The lowest BCUT2D eigenvalue weighted by Gasteiger charge is -2.16. The van der Waals surface area contributed by atoms with Crippen molar-refractivity contribution < 1.29 is 42.8 Å². The minimum absolute atomic E-state index is 0.0969.